The van der Waals surface area contributed by atoms with Crippen molar-refractivity contribution in [3.05, 3.63) is 33.6 Å². The first-order valence-electron chi connectivity index (χ1n) is 5.71. The fourth-order valence-corrected chi connectivity index (χ4v) is 2.71. The van der Waals surface area contributed by atoms with Crippen molar-refractivity contribution in [1.29, 1.82) is 0 Å². The summed E-state index contributed by atoms with van der Waals surface area (Å²) in [6.45, 7) is 3.64. The van der Waals surface area contributed by atoms with Gasteiger partial charge in [-0.3, -0.25) is 10.1 Å². The maximum atomic E-state index is 11.8. The summed E-state index contributed by atoms with van der Waals surface area (Å²) in [4.78, 5) is 21.9. The van der Waals surface area contributed by atoms with Crippen LogP contribution in [0.4, 0.5) is 10.7 Å². The molecule has 0 bridgehead atoms. The van der Waals surface area contributed by atoms with Gasteiger partial charge in [-0.25, -0.2) is 9.48 Å². The number of aromatic nitrogens is 2. The number of ether oxygens (including phenoxy) is 1. The molecule has 8 nitrogen and oxygen atoms in total. The van der Waals surface area contributed by atoms with Gasteiger partial charge < -0.3 is 10.5 Å². The summed E-state index contributed by atoms with van der Waals surface area (Å²) >= 11 is 1.13. The Balaban J connectivity index is 2.45. The van der Waals surface area contributed by atoms with E-state index in [9.17, 15) is 14.9 Å². The number of thiophene rings is 1. The Morgan fingerprint density at radius 3 is 2.90 bits per heavy atom. The van der Waals surface area contributed by atoms with Crippen molar-refractivity contribution in [1.82, 2.24) is 9.78 Å². The molecule has 2 N–H and O–H groups in total. The first-order valence-corrected chi connectivity index (χ1v) is 6.52. The van der Waals surface area contributed by atoms with Gasteiger partial charge in [0, 0.05) is 5.56 Å². The maximum absolute atomic E-state index is 11.8. The van der Waals surface area contributed by atoms with Crippen molar-refractivity contribution in [3.63, 3.8) is 0 Å². The van der Waals surface area contributed by atoms with Gasteiger partial charge in [0.15, 0.2) is 0 Å². The molecule has 2 heterocycles. The van der Waals surface area contributed by atoms with Crippen LogP contribution >= 0.6 is 11.3 Å². The number of nitrogen functional groups attached to an aromatic ring is 1. The quantitative estimate of drug-likeness (QED) is 0.523. The Morgan fingerprint density at radius 2 is 2.35 bits per heavy atom. The molecule has 0 fully saturated rings. The molecule has 2 rings (SSSR count). The van der Waals surface area contributed by atoms with Crippen molar-refractivity contribution in [3.8, 4) is 5.00 Å². The zero-order valence-electron chi connectivity index (χ0n) is 10.8. The second-order valence-corrected chi connectivity index (χ2v) is 4.92. The van der Waals surface area contributed by atoms with Gasteiger partial charge in [0.25, 0.3) is 0 Å². The highest BCUT2D eigenvalue weighted by Gasteiger charge is 2.22. The van der Waals surface area contributed by atoms with Gasteiger partial charge in [-0.2, -0.15) is 5.10 Å². The van der Waals surface area contributed by atoms with E-state index in [1.165, 1.54) is 10.9 Å². The first kappa shape index (κ1) is 14.0. The van der Waals surface area contributed by atoms with Crippen LogP contribution in [0.1, 0.15) is 22.8 Å². The monoisotopic (exact) mass is 296 g/mol. The van der Waals surface area contributed by atoms with Gasteiger partial charge in [0.2, 0.25) is 0 Å². The molecule has 2 aromatic rings. The Kier molecular flexibility index (Phi) is 3.70. The summed E-state index contributed by atoms with van der Waals surface area (Å²) in [5.41, 5.74) is 6.56. The molecule has 106 valence electrons. The van der Waals surface area contributed by atoms with Gasteiger partial charge in [0.05, 0.1) is 17.1 Å². The topological polar surface area (TPSA) is 113 Å². The van der Waals surface area contributed by atoms with E-state index in [0.717, 1.165) is 17.5 Å². The number of anilines is 1. The third-order valence-electron chi connectivity index (χ3n) is 2.62. The lowest BCUT2D eigenvalue weighted by Crippen LogP contribution is -2.07. The normalized spacial score (nSPS) is 10.5. The van der Waals surface area contributed by atoms with Crippen LogP contribution < -0.4 is 5.73 Å². The SMILES string of the molecule is CCOC(=O)c1c(N)sc(-n2cc([N+](=O)[O-])cn2)c1C. The smallest absolute Gasteiger partial charge is 0.341 e. The van der Waals surface area contributed by atoms with Crippen molar-refractivity contribution in [2.45, 2.75) is 13.8 Å². The number of carbonyl (C=O) groups excluding carboxylic acids is 1. The highest BCUT2D eigenvalue weighted by Crippen LogP contribution is 2.34. The lowest BCUT2D eigenvalue weighted by molar-refractivity contribution is -0.384. The third kappa shape index (κ3) is 2.35. The number of hydrogen-bond donors (Lipinski definition) is 1. The minimum absolute atomic E-state index is 0.131. The van der Waals surface area contributed by atoms with Crippen LogP contribution in [0.5, 0.6) is 0 Å². The number of carbonyl (C=O) groups is 1. The van der Waals surface area contributed by atoms with E-state index in [1.54, 1.807) is 13.8 Å². The molecule has 0 unspecified atom stereocenters. The number of nitrogens with two attached hydrogens (primary N) is 1. The maximum Gasteiger partial charge on any atom is 0.341 e. The molecule has 0 radical (unpaired) electrons. The molecule has 0 spiro atoms. The van der Waals surface area contributed by atoms with Gasteiger partial charge in [0.1, 0.15) is 22.4 Å². The standard InChI is InChI=1S/C11H12N4O4S/c1-3-19-11(16)8-6(2)10(20-9(8)12)14-5-7(4-13-14)15(17)18/h4-5H,3,12H2,1-2H3. The van der Waals surface area contributed by atoms with Gasteiger partial charge in [-0.15, -0.1) is 0 Å². The van der Waals surface area contributed by atoms with E-state index >= 15 is 0 Å². The number of rotatable bonds is 4. The van der Waals surface area contributed by atoms with Crippen LogP contribution in [0.15, 0.2) is 12.4 Å². The third-order valence-corrected chi connectivity index (χ3v) is 3.73. The van der Waals surface area contributed by atoms with Crippen molar-refractivity contribution in [2.24, 2.45) is 0 Å². The summed E-state index contributed by atoms with van der Waals surface area (Å²) in [6.07, 6.45) is 2.41. The second kappa shape index (κ2) is 5.29. The summed E-state index contributed by atoms with van der Waals surface area (Å²) < 4.78 is 6.26. The summed E-state index contributed by atoms with van der Waals surface area (Å²) in [5.74, 6) is -0.508. The molecule has 0 atom stereocenters. The van der Waals surface area contributed by atoms with E-state index in [2.05, 4.69) is 5.10 Å². The van der Waals surface area contributed by atoms with Crippen LogP contribution in [0, 0.1) is 17.0 Å². The Hall–Kier alpha value is -2.42. The Labute approximate surface area is 117 Å². The van der Waals surface area contributed by atoms with E-state index in [0.29, 0.717) is 15.6 Å². The number of hydrogen-bond acceptors (Lipinski definition) is 7. The Morgan fingerprint density at radius 1 is 1.65 bits per heavy atom. The predicted octanol–water partition coefficient (Wildman–Crippen LogP) is 1.91. The van der Waals surface area contributed by atoms with Crippen molar-refractivity contribution >= 4 is 28.0 Å². The molecule has 0 saturated heterocycles. The van der Waals surface area contributed by atoms with Crippen LogP contribution in [-0.4, -0.2) is 27.3 Å². The zero-order chi connectivity index (χ0) is 14.9. The molecule has 0 aromatic carbocycles. The summed E-state index contributed by atoms with van der Waals surface area (Å²) in [7, 11) is 0. The van der Waals surface area contributed by atoms with Crippen molar-refractivity contribution < 1.29 is 14.5 Å². The van der Waals surface area contributed by atoms with E-state index < -0.39 is 10.9 Å². The molecule has 0 aliphatic heterocycles. The highest BCUT2D eigenvalue weighted by molar-refractivity contribution is 7.19. The number of esters is 1. The zero-order valence-corrected chi connectivity index (χ0v) is 11.6. The van der Waals surface area contributed by atoms with Crippen LogP contribution in [0.3, 0.4) is 0 Å². The van der Waals surface area contributed by atoms with Gasteiger partial charge in [-0.1, -0.05) is 11.3 Å². The second-order valence-electron chi connectivity index (χ2n) is 3.89. The molecule has 0 saturated carbocycles. The van der Waals surface area contributed by atoms with Crippen LogP contribution in [0.25, 0.3) is 5.00 Å². The minimum atomic E-state index is -0.540. The first-order chi connectivity index (χ1) is 9.45. The van der Waals surface area contributed by atoms with E-state index in [-0.39, 0.29) is 17.9 Å². The summed E-state index contributed by atoms with van der Waals surface area (Å²) in [6, 6.07) is 0. The average molecular weight is 296 g/mol. The molecular weight excluding hydrogens is 284 g/mol. The van der Waals surface area contributed by atoms with Crippen molar-refractivity contribution in [2.75, 3.05) is 12.3 Å². The fraction of sp³-hybridized carbons (Fsp3) is 0.273. The fourth-order valence-electron chi connectivity index (χ4n) is 1.72. The lowest BCUT2D eigenvalue weighted by Gasteiger charge is -2.02. The molecule has 0 aliphatic carbocycles. The van der Waals surface area contributed by atoms with Gasteiger partial charge >= 0.3 is 11.7 Å². The molecular formula is C11H12N4O4S. The minimum Gasteiger partial charge on any atom is -0.462 e. The average Bonchev–Trinajstić information content (AvgIpc) is 2.94. The van der Waals surface area contributed by atoms with E-state index in [4.69, 9.17) is 10.5 Å². The highest BCUT2D eigenvalue weighted by atomic mass is 32.1. The molecule has 20 heavy (non-hydrogen) atoms. The van der Waals surface area contributed by atoms with Crippen LogP contribution in [0.2, 0.25) is 0 Å². The Bertz CT molecular complexity index is 676. The molecule has 2 aromatic heterocycles. The van der Waals surface area contributed by atoms with E-state index in [1.807, 2.05) is 0 Å². The number of nitro groups is 1. The number of nitrogens with zero attached hydrogens (tertiary/aromatic N) is 3. The van der Waals surface area contributed by atoms with Crippen LogP contribution in [-0.2, 0) is 4.74 Å². The molecule has 0 amide bonds. The summed E-state index contributed by atoms with van der Waals surface area (Å²) in [5, 5.41) is 15.4. The molecule has 9 heteroatoms. The predicted molar refractivity (Wildman–Crippen MR) is 73.2 cm³/mol. The molecule has 0 aliphatic rings. The van der Waals surface area contributed by atoms with Gasteiger partial charge in [-0.05, 0) is 13.8 Å². The lowest BCUT2D eigenvalue weighted by atomic mass is 10.2. The largest absolute Gasteiger partial charge is 0.462 e.